The van der Waals surface area contributed by atoms with Gasteiger partial charge in [-0.3, -0.25) is 4.79 Å². The Morgan fingerprint density at radius 3 is 2.74 bits per heavy atom. The second-order valence-corrected chi connectivity index (χ2v) is 7.33. The highest BCUT2D eigenvalue weighted by Crippen LogP contribution is 2.19. The van der Waals surface area contributed by atoms with Crippen LogP contribution in [0.2, 0.25) is 0 Å². The average Bonchev–Trinajstić information content (AvgIpc) is 2.83. The molecule has 5 nitrogen and oxygen atoms in total. The maximum absolute atomic E-state index is 12.3. The quantitative estimate of drug-likeness (QED) is 0.736. The zero-order valence-electron chi connectivity index (χ0n) is 10.3. The first kappa shape index (κ1) is 14.1. The van der Waals surface area contributed by atoms with Gasteiger partial charge >= 0.3 is 0 Å². The molecule has 1 aromatic heterocycles. The topological polar surface area (TPSA) is 80.5 Å². The molecule has 1 amide bonds. The summed E-state index contributed by atoms with van der Waals surface area (Å²) in [5, 5.41) is 1.80. The minimum absolute atomic E-state index is 0.0356. The third-order valence-electron chi connectivity index (χ3n) is 2.82. The van der Waals surface area contributed by atoms with Gasteiger partial charge in [0, 0.05) is 18.7 Å². The van der Waals surface area contributed by atoms with E-state index in [-0.39, 0.29) is 37.0 Å². The van der Waals surface area contributed by atoms with Crippen LogP contribution >= 0.6 is 11.3 Å². The molecule has 2 heterocycles. The molecule has 2 N–H and O–H groups in total. The first-order chi connectivity index (χ1) is 9.03. The molecule has 0 saturated carbocycles. The molecular weight excluding hydrogens is 284 g/mol. The van der Waals surface area contributed by atoms with E-state index in [9.17, 15) is 13.2 Å². The molecule has 0 spiro atoms. The normalized spacial score (nSPS) is 17.6. The van der Waals surface area contributed by atoms with Crippen molar-refractivity contribution in [3.05, 3.63) is 21.9 Å². The lowest BCUT2D eigenvalue weighted by molar-refractivity contribution is 0.0775. The lowest BCUT2D eigenvalue weighted by atomic mass is 10.2. The van der Waals surface area contributed by atoms with E-state index in [1.165, 1.54) is 11.3 Å². The highest BCUT2D eigenvalue weighted by Gasteiger charge is 2.27. The van der Waals surface area contributed by atoms with Crippen molar-refractivity contribution in [3.8, 4) is 11.8 Å². The Morgan fingerprint density at radius 1 is 1.42 bits per heavy atom. The van der Waals surface area contributed by atoms with Crippen molar-refractivity contribution in [2.45, 2.75) is 0 Å². The van der Waals surface area contributed by atoms with Gasteiger partial charge in [-0.2, -0.15) is 0 Å². The molecule has 19 heavy (non-hydrogen) atoms. The van der Waals surface area contributed by atoms with Crippen LogP contribution < -0.4 is 5.73 Å². The Hall–Kier alpha value is -1.36. The molecule has 0 unspecified atom stereocenters. The Kier molecular flexibility index (Phi) is 4.24. The highest BCUT2D eigenvalue weighted by molar-refractivity contribution is 7.91. The lowest BCUT2D eigenvalue weighted by Gasteiger charge is -2.26. The van der Waals surface area contributed by atoms with Crippen molar-refractivity contribution in [2.75, 3.05) is 31.1 Å². The average molecular weight is 298 g/mol. The van der Waals surface area contributed by atoms with Gasteiger partial charge in [0.05, 0.1) is 18.1 Å². The Labute approximate surface area is 116 Å². The summed E-state index contributed by atoms with van der Waals surface area (Å²) in [7, 11) is -2.98. The summed E-state index contributed by atoms with van der Waals surface area (Å²) in [4.78, 5) is 14.4. The van der Waals surface area contributed by atoms with E-state index in [4.69, 9.17) is 5.73 Å². The molecular formula is C12H14N2O3S2. The summed E-state index contributed by atoms with van der Waals surface area (Å²) in [5.41, 5.74) is 5.97. The minimum Gasteiger partial charge on any atom is -0.336 e. The highest BCUT2D eigenvalue weighted by atomic mass is 32.2. The van der Waals surface area contributed by atoms with Crippen molar-refractivity contribution in [2.24, 2.45) is 5.73 Å². The predicted octanol–water partition coefficient (Wildman–Crippen LogP) is -0.0711. The Bertz CT molecular complexity index is 623. The van der Waals surface area contributed by atoms with E-state index >= 15 is 0 Å². The maximum Gasteiger partial charge on any atom is 0.265 e. The van der Waals surface area contributed by atoms with Gasteiger partial charge in [-0.15, -0.1) is 11.3 Å². The van der Waals surface area contributed by atoms with E-state index in [1.54, 1.807) is 16.3 Å². The number of carbonyl (C=O) groups is 1. The van der Waals surface area contributed by atoms with Crippen molar-refractivity contribution in [1.29, 1.82) is 0 Å². The van der Waals surface area contributed by atoms with E-state index < -0.39 is 9.84 Å². The molecule has 0 aliphatic carbocycles. The fraction of sp³-hybridized carbons (Fsp3) is 0.417. The standard InChI is InChI=1S/C12H14N2O3S2/c13-4-1-2-10-3-7-18-11(10)12(15)14-5-8-19(16,17)9-6-14/h3,7H,4-6,8-9,13H2. The van der Waals surface area contributed by atoms with Gasteiger partial charge < -0.3 is 10.6 Å². The summed E-state index contributed by atoms with van der Waals surface area (Å²) in [6, 6.07) is 1.78. The van der Waals surface area contributed by atoms with E-state index in [0.717, 1.165) is 0 Å². The van der Waals surface area contributed by atoms with Crippen LogP contribution in [0.4, 0.5) is 0 Å². The first-order valence-corrected chi connectivity index (χ1v) is 8.50. The Balaban J connectivity index is 2.15. The lowest BCUT2D eigenvalue weighted by Crippen LogP contribution is -2.43. The van der Waals surface area contributed by atoms with E-state index in [0.29, 0.717) is 10.4 Å². The van der Waals surface area contributed by atoms with Crippen LogP contribution in [0.25, 0.3) is 0 Å². The van der Waals surface area contributed by atoms with Crippen molar-refractivity contribution in [3.63, 3.8) is 0 Å². The molecule has 2 rings (SSSR count). The molecule has 7 heteroatoms. The van der Waals surface area contributed by atoms with Crippen LogP contribution in [0, 0.1) is 11.8 Å². The summed E-state index contributed by atoms with van der Waals surface area (Å²) in [5.74, 6) is 5.50. The second kappa shape index (κ2) is 5.74. The van der Waals surface area contributed by atoms with Gasteiger partial charge in [0.15, 0.2) is 9.84 Å². The van der Waals surface area contributed by atoms with Crippen LogP contribution in [-0.2, 0) is 9.84 Å². The van der Waals surface area contributed by atoms with Gasteiger partial charge in [-0.1, -0.05) is 11.8 Å². The van der Waals surface area contributed by atoms with Crippen LogP contribution in [0.3, 0.4) is 0 Å². The van der Waals surface area contributed by atoms with E-state index in [2.05, 4.69) is 11.8 Å². The SMILES string of the molecule is NCC#Cc1ccsc1C(=O)N1CCS(=O)(=O)CC1. The number of sulfone groups is 1. The zero-order chi connectivity index (χ0) is 13.9. The molecule has 0 aromatic carbocycles. The number of nitrogens with two attached hydrogens (primary N) is 1. The van der Waals surface area contributed by atoms with Crippen LogP contribution in [0.15, 0.2) is 11.4 Å². The molecule has 1 fully saturated rings. The van der Waals surface area contributed by atoms with Crippen molar-refractivity contribution < 1.29 is 13.2 Å². The minimum atomic E-state index is -2.98. The third kappa shape index (κ3) is 3.35. The number of rotatable bonds is 1. The molecule has 102 valence electrons. The summed E-state index contributed by atoms with van der Waals surface area (Å²) < 4.78 is 22.7. The van der Waals surface area contributed by atoms with E-state index in [1.807, 2.05) is 0 Å². The third-order valence-corrected chi connectivity index (χ3v) is 5.33. The van der Waals surface area contributed by atoms with Crippen molar-refractivity contribution >= 4 is 27.1 Å². The summed E-state index contributed by atoms with van der Waals surface area (Å²) >= 11 is 1.32. The molecule has 1 aromatic rings. The first-order valence-electron chi connectivity index (χ1n) is 5.79. The monoisotopic (exact) mass is 298 g/mol. The molecule has 0 atom stereocenters. The number of hydrogen-bond acceptors (Lipinski definition) is 5. The fourth-order valence-electron chi connectivity index (χ4n) is 1.78. The number of amides is 1. The predicted molar refractivity (Wildman–Crippen MR) is 74.8 cm³/mol. The molecule has 1 aliphatic rings. The van der Waals surface area contributed by atoms with Crippen molar-refractivity contribution in [1.82, 2.24) is 4.90 Å². The second-order valence-electron chi connectivity index (χ2n) is 4.11. The molecule has 0 bridgehead atoms. The number of nitrogens with zero attached hydrogens (tertiary/aromatic N) is 1. The summed E-state index contributed by atoms with van der Waals surface area (Å²) in [6.07, 6.45) is 0. The molecule has 1 aliphatic heterocycles. The zero-order valence-corrected chi connectivity index (χ0v) is 11.9. The number of hydrogen-bond donors (Lipinski definition) is 1. The van der Waals surface area contributed by atoms with Crippen LogP contribution in [0.1, 0.15) is 15.2 Å². The smallest absolute Gasteiger partial charge is 0.265 e. The van der Waals surface area contributed by atoms with Gasteiger partial charge in [0.25, 0.3) is 5.91 Å². The van der Waals surface area contributed by atoms with Gasteiger partial charge in [0.2, 0.25) is 0 Å². The van der Waals surface area contributed by atoms with Gasteiger partial charge in [-0.25, -0.2) is 8.42 Å². The summed E-state index contributed by atoms with van der Waals surface area (Å²) in [6.45, 7) is 0.747. The maximum atomic E-state index is 12.3. The molecule has 0 radical (unpaired) electrons. The van der Waals surface area contributed by atoms with Gasteiger partial charge in [0.1, 0.15) is 4.88 Å². The van der Waals surface area contributed by atoms with Crippen LogP contribution in [-0.4, -0.2) is 50.4 Å². The Morgan fingerprint density at radius 2 is 2.11 bits per heavy atom. The van der Waals surface area contributed by atoms with Gasteiger partial charge in [-0.05, 0) is 11.4 Å². The fourth-order valence-corrected chi connectivity index (χ4v) is 3.80. The number of carbonyl (C=O) groups excluding carboxylic acids is 1. The van der Waals surface area contributed by atoms with Crippen LogP contribution in [0.5, 0.6) is 0 Å². The molecule has 1 saturated heterocycles. The largest absolute Gasteiger partial charge is 0.336 e. The number of thiophene rings is 1.